The van der Waals surface area contributed by atoms with Crippen molar-refractivity contribution in [1.29, 1.82) is 5.26 Å². The van der Waals surface area contributed by atoms with Crippen molar-refractivity contribution in [3.63, 3.8) is 0 Å². The van der Waals surface area contributed by atoms with Gasteiger partial charge in [0, 0.05) is 29.1 Å². The summed E-state index contributed by atoms with van der Waals surface area (Å²) in [5.41, 5.74) is 3.52. The maximum atomic E-state index is 13.7. The van der Waals surface area contributed by atoms with Crippen LogP contribution in [-0.4, -0.2) is 40.4 Å². The van der Waals surface area contributed by atoms with Crippen molar-refractivity contribution in [1.82, 2.24) is 14.9 Å². The zero-order valence-corrected chi connectivity index (χ0v) is 21.3. The molecule has 1 aromatic heterocycles. The Morgan fingerprint density at radius 3 is 2.84 bits per heavy atom. The van der Waals surface area contributed by atoms with Crippen LogP contribution >= 0.6 is 11.6 Å². The van der Waals surface area contributed by atoms with Crippen LogP contribution in [0.3, 0.4) is 0 Å². The number of hydrogen-bond acceptors (Lipinski definition) is 6. The number of nitrogens with one attached hydrogen (secondary N) is 2. The summed E-state index contributed by atoms with van der Waals surface area (Å²) in [5, 5.41) is 16.3. The number of carbonyl (C=O) groups is 1. The number of likely N-dealkylation sites (N-methyl/N-ethyl adjacent to an activating group) is 1. The van der Waals surface area contributed by atoms with E-state index in [0.29, 0.717) is 44.8 Å². The van der Waals surface area contributed by atoms with E-state index in [1.165, 1.54) is 18.5 Å². The topological polar surface area (TPSA) is 93.9 Å². The monoisotopic (exact) mass is 526 g/mol. The number of likely N-dealkylation sites (tertiary alicyclic amines) is 1. The molecule has 1 aliphatic heterocycles. The van der Waals surface area contributed by atoms with Gasteiger partial charge in [0.25, 0.3) is 0 Å². The molecule has 0 bridgehead atoms. The summed E-state index contributed by atoms with van der Waals surface area (Å²) in [7, 11) is 2.05. The molecule has 4 aromatic rings. The van der Waals surface area contributed by atoms with Crippen molar-refractivity contribution in [3.8, 4) is 17.2 Å². The van der Waals surface area contributed by atoms with E-state index >= 15 is 0 Å². The van der Waals surface area contributed by atoms with Crippen LogP contribution in [0.25, 0.3) is 22.0 Å². The Kier molecular flexibility index (Phi) is 7.31. The molecule has 0 spiro atoms. The average Bonchev–Trinajstić information content (AvgIpc) is 3.34. The van der Waals surface area contributed by atoms with E-state index in [9.17, 15) is 14.4 Å². The van der Waals surface area contributed by atoms with E-state index < -0.39 is 5.82 Å². The summed E-state index contributed by atoms with van der Waals surface area (Å²) in [6.07, 6.45) is 7.03. The molecule has 0 radical (unpaired) electrons. The lowest BCUT2D eigenvalue weighted by Crippen LogP contribution is -2.23. The predicted molar refractivity (Wildman–Crippen MR) is 148 cm³/mol. The Morgan fingerprint density at radius 1 is 1.21 bits per heavy atom. The normalized spacial score (nSPS) is 15.6. The fourth-order valence-electron chi connectivity index (χ4n) is 4.66. The standard InChI is InChI=1S/C29H24ClFN6O/c1-37-13-3-6-21(37)8-12-26(38)36-25-11-10-24-28(27(25)19-5-2-4-18(14-19)16-32)29(34-17-33-24)35-20-7-9-23(31)22(30)15-20/h2,4-5,7-12,14-15,17,21H,3,6,13H2,1H3,(H,36,38)(H,33,34,35)/b12-8+/t21-/m1/s1. The molecule has 1 saturated heterocycles. The zero-order valence-electron chi connectivity index (χ0n) is 20.6. The zero-order chi connectivity index (χ0) is 26.6. The SMILES string of the molecule is CN1CCC[C@@H]1/C=C/C(=O)Nc1ccc2ncnc(Nc3ccc(F)c(Cl)c3)c2c1-c1cccc(C#N)c1. The van der Waals surface area contributed by atoms with Crippen LogP contribution in [0, 0.1) is 17.1 Å². The number of fused-ring (bicyclic) bond motifs is 1. The Hall–Kier alpha value is -4.32. The molecule has 3 aromatic carbocycles. The van der Waals surface area contributed by atoms with Crippen molar-refractivity contribution < 1.29 is 9.18 Å². The molecule has 2 heterocycles. The average molecular weight is 527 g/mol. The number of aromatic nitrogens is 2. The highest BCUT2D eigenvalue weighted by molar-refractivity contribution is 6.31. The molecule has 7 nitrogen and oxygen atoms in total. The minimum atomic E-state index is -0.527. The van der Waals surface area contributed by atoms with E-state index in [1.807, 2.05) is 19.2 Å². The number of carbonyl (C=O) groups excluding carboxylic acids is 1. The Morgan fingerprint density at radius 2 is 2.08 bits per heavy atom. The molecule has 9 heteroatoms. The molecular formula is C29H24ClFN6O. The summed E-state index contributed by atoms with van der Waals surface area (Å²) in [4.78, 5) is 24.1. The number of amides is 1. The number of rotatable bonds is 6. The van der Waals surface area contributed by atoms with Gasteiger partial charge in [-0.05, 0) is 74.5 Å². The number of benzene rings is 3. The molecule has 38 heavy (non-hydrogen) atoms. The van der Waals surface area contributed by atoms with Crippen LogP contribution in [-0.2, 0) is 4.79 Å². The van der Waals surface area contributed by atoms with Crippen molar-refractivity contribution in [2.45, 2.75) is 18.9 Å². The van der Waals surface area contributed by atoms with Crippen LogP contribution < -0.4 is 10.6 Å². The maximum Gasteiger partial charge on any atom is 0.248 e. The van der Waals surface area contributed by atoms with Crippen molar-refractivity contribution in [2.75, 3.05) is 24.2 Å². The third-order valence-electron chi connectivity index (χ3n) is 6.57. The molecule has 1 amide bonds. The molecule has 190 valence electrons. The molecule has 0 unspecified atom stereocenters. The highest BCUT2D eigenvalue weighted by Gasteiger charge is 2.20. The van der Waals surface area contributed by atoms with Crippen LogP contribution in [0.5, 0.6) is 0 Å². The minimum absolute atomic E-state index is 0.0250. The summed E-state index contributed by atoms with van der Waals surface area (Å²) < 4.78 is 13.7. The minimum Gasteiger partial charge on any atom is -0.340 e. The first-order valence-corrected chi connectivity index (χ1v) is 12.5. The summed E-state index contributed by atoms with van der Waals surface area (Å²) in [6.45, 7) is 1.01. The van der Waals surface area contributed by atoms with Gasteiger partial charge in [-0.3, -0.25) is 9.69 Å². The third kappa shape index (κ3) is 5.35. The number of nitrogens with zero attached hydrogens (tertiary/aromatic N) is 4. The molecular weight excluding hydrogens is 503 g/mol. The van der Waals surface area contributed by atoms with Crippen molar-refractivity contribution in [3.05, 3.63) is 89.5 Å². The highest BCUT2D eigenvalue weighted by atomic mass is 35.5. The van der Waals surface area contributed by atoms with Crippen LogP contribution in [0.4, 0.5) is 21.6 Å². The largest absolute Gasteiger partial charge is 0.340 e. The second-order valence-corrected chi connectivity index (χ2v) is 9.50. The molecule has 5 rings (SSSR count). The summed E-state index contributed by atoms with van der Waals surface area (Å²) in [6, 6.07) is 17.4. The number of halogens is 2. The van der Waals surface area contributed by atoms with Gasteiger partial charge in [-0.25, -0.2) is 14.4 Å². The molecule has 1 aliphatic rings. The molecule has 2 N–H and O–H groups in total. The summed E-state index contributed by atoms with van der Waals surface area (Å²) in [5.74, 6) is -0.353. The fourth-order valence-corrected chi connectivity index (χ4v) is 4.84. The number of hydrogen-bond donors (Lipinski definition) is 2. The van der Waals surface area contributed by atoms with Gasteiger partial charge in [0.1, 0.15) is 18.0 Å². The van der Waals surface area contributed by atoms with Gasteiger partial charge in [-0.2, -0.15) is 5.26 Å². The third-order valence-corrected chi connectivity index (χ3v) is 6.86. The van der Waals surface area contributed by atoms with Gasteiger partial charge in [0.05, 0.1) is 27.6 Å². The second-order valence-electron chi connectivity index (χ2n) is 9.09. The molecule has 0 aliphatic carbocycles. The quantitative estimate of drug-likeness (QED) is 0.287. The second kappa shape index (κ2) is 11.0. The van der Waals surface area contributed by atoms with E-state index in [0.717, 1.165) is 19.4 Å². The van der Waals surface area contributed by atoms with E-state index in [1.54, 1.807) is 42.5 Å². The molecule has 0 saturated carbocycles. The van der Waals surface area contributed by atoms with Gasteiger partial charge in [0.15, 0.2) is 0 Å². The fraction of sp³-hybridized carbons (Fsp3) is 0.172. The highest BCUT2D eigenvalue weighted by Crippen LogP contribution is 2.39. The first kappa shape index (κ1) is 25.3. The lowest BCUT2D eigenvalue weighted by Gasteiger charge is -2.17. The smallest absolute Gasteiger partial charge is 0.248 e. The maximum absolute atomic E-state index is 13.7. The van der Waals surface area contributed by atoms with E-state index in [4.69, 9.17) is 11.6 Å². The van der Waals surface area contributed by atoms with E-state index in [2.05, 4.69) is 31.6 Å². The van der Waals surface area contributed by atoms with Crippen molar-refractivity contribution in [2.24, 2.45) is 0 Å². The number of nitriles is 1. The first-order chi connectivity index (χ1) is 18.4. The molecule has 1 fully saturated rings. The van der Waals surface area contributed by atoms with Gasteiger partial charge in [0.2, 0.25) is 5.91 Å². The van der Waals surface area contributed by atoms with Crippen molar-refractivity contribution >= 4 is 45.6 Å². The van der Waals surface area contributed by atoms with Gasteiger partial charge >= 0.3 is 0 Å². The Balaban J connectivity index is 1.61. The van der Waals surface area contributed by atoms with Gasteiger partial charge in [-0.15, -0.1) is 0 Å². The Labute approximate surface area is 224 Å². The Bertz CT molecular complexity index is 1600. The van der Waals surface area contributed by atoms with Crippen LogP contribution in [0.1, 0.15) is 18.4 Å². The van der Waals surface area contributed by atoms with Crippen LogP contribution in [0.15, 0.2) is 73.1 Å². The van der Waals surface area contributed by atoms with Gasteiger partial charge < -0.3 is 10.6 Å². The summed E-state index contributed by atoms with van der Waals surface area (Å²) >= 11 is 5.99. The first-order valence-electron chi connectivity index (χ1n) is 12.1. The number of anilines is 3. The lowest BCUT2D eigenvalue weighted by molar-refractivity contribution is -0.111. The van der Waals surface area contributed by atoms with E-state index in [-0.39, 0.29) is 17.0 Å². The van der Waals surface area contributed by atoms with Crippen LogP contribution in [0.2, 0.25) is 5.02 Å². The molecule has 1 atom stereocenters. The predicted octanol–water partition coefficient (Wildman–Crippen LogP) is 6.29. The van der Waals surface area contributed by atoms with Gasteiger partial charge in [-0.1, -0.05) is 29.8 Å². The lowest BCUT2D eigenvalue weighted by atomic mass is 9.97.